The third-order valence-corrected chi connectivity index (χ3v) is 2.62. The highest BCUT2D eigenvalue weighted by atomic mass is 19.1. The van der Waals surface area contributed by atoms with Gasteiger partial charge in [0, 0.05) is 23.8 Å². The second-order valence-corrected chi connectivity index (χ2v) is 4.03. The molecular weight excluding hydrogens is 221 g/mol. The summed E-state index contributed by atoms with van der Waals surface area (Å²) in [4.78, 5) is 2.05. The zero-order valence-electron chi connectivity index (χ0n) is 10.3. The highest BCUT2D eigenvalue weighted by molar-refractivity contribution is 6.02. The zero-order valence-corrected chi connectivity index (χ0v) is 10.3. The van der Waals surface area contributed by atoms with Gasteiger partial charge in [-0.2, -0.15) is 0 Å². The van der Waals surface area contributed by atoms with Crippen LogP contribution in [0.3, 0.4) is 0 Å². The van der Waals surface area contributed by atoms with Crippen molar-refractivity contribution in [3.05, 3.63) is 29.6 Å². The maximum absolute atomic E-state index is 13.2. The van der Waals surface area contributed by atoms with Crippen LogP contribution in [0, 0.1) is 5.82 Å². The summed E-state index contributed by atoms with van der Waals surface area (Å²) in [7, 11) is 0. The lowest BCUT2D eigenvalue weighted by Gasteiger charge is -2.29. The Bertz CT molecular complexity index is 418. The van der Waals surface area contributed by atoms with Gasteiger partial charge in [0.15, 0.2) is 5.84 Å². The van der Waals surface area contributed by atoms with Gasteiger partial charge < -0.3 is 15.8 Å². The van der Waals surface area contributed by atoms with Gasteiger partial charge in [-0.25, -0.2) is 4.39 Å². The SMILES string of the molecule is CCN(c1ccc(F)cc1/C(N)=N/O)C(C)C. The summed E-state index contributed by atoms with van der Waals surface area (Å²) < 4.78 is 13.2. The van der Waals surface area contributed by atoms with Crippen LogP contribution in [0.1, 0.15) is 26.3 Å². The molecule has 0 saturated carbocycles. The van der Waals surface area contributed by atoms with Crippen molar-refractivity contribution in [1.82, 2.24) is 0 Å². The Morgan fingerprint density at radius 1 is 1.53 bits per heavy atom. The lowest BCUT2D eigenvalue weighted by molar-refractivity contribution is 0.318. The minimum atomic E-state index is -0.407. The molecule has 0 fully saturated rings. The summed E-state index contributed by atoms with van der Waals surface area (Å²) in [6, 6.07) is 4.53. The molecule has 0 heterocycles. The van der Waals surface area contributed by atoms with Gasteiger partial charge in [0.1, 0.15) is 5.82 Å². The van der Waals surface area contributed by atoms with E-state index in [9.17, 15) is 4.39 Å². The number of oxime groups is 1. The molecule has 1 aromatic rings. The molecule has 0 bridgehead atoms. The summed E-state index contributed by atoms with van der Waals surface area (Å²) in [5, 5.41) is 11.7. The lowest BCUT2D eigenvalue weighted by atomic mass is 10.1. The van der Waals surface area contributed by atoms with Crippen LogP contribution < -0.4 is 10.6 Å². The first kappa shape index (κ1) is 13.3. The van der Waals surface area contributed by atoms with Gasteiger partial charge in [-0.15, -0.1) is 0 Å². The fourth-order valence-corrected chi connectivity index (χ4v) is 1.83. The Morgan fingerprint density at radius 2 is 2.18 bits per heavy atom. The number of halogens is 1. The van der Waals surface area contributed by atoms with E-state index < -0.39 is 5.82 Å². The lowest BCUT2D eigenvalue weighted by Crippen LogP contribution is -2.32. The van der Waals surface area contributed by atoms with Crippen LogP contribution in [-0.2, 0) is 0 Å². The zero-order chi connectivity index (χ0) is 13.0. The van der Waals surface area contributed by atoms with Crippen LogP contribution in [0.4, 0.5) is 10.1 Å². The molecule has 0 aliphatic heterocycles. The van der Waals surface area contributed by atoms with Gasteiger partial charge in [-0.1, -0.05) is 5.16 Å². The number of hydrogen-bond donors (Lipinski definition) is 2. The van der Waals surface area contributed by atoms with Crippen molar-refractivity contribution in [2.45, 2.75) is 26.8 Å². The standard InChI is InChI=1S/C12H18FN3O/c1-4-16(8(2)3)11-6-5-9(13)7-10(11)12(14)15-17/h5-8,17H,4H2,1-3H3,(H2,14,15). The van der Waals surface area contributed by atoms with E-state index in [1.807, 2.05) is 25.7 Å². The second-order valence-electron chi connectivity index (χ2n) is 4.03. The summed E-state index contributed by atoms with van der Waals surface area (Å²) in [6.45, 7) is 6.82. The number of rotatable bonds is 4. The van der Waals surface area contributed by atoms with E-state index in [4.69, 9.17) is 10.9 Å². The van der Waals surface area contributed by atoms with Crippen LogP contribution in [0.15, 0.2) is 23.4 Å². The fourth-order valence-electron chi connectivity index (χ4n) is 1.83. The molecule has 0 atom stereocenters. The molecule has 3 N–H and O–H groups in total. The molecule has 4 nitrogen and oxygen atoms in total. The van der Waals surface area contributed by atoms with Gasteiger partial charge >= 0.3 is 0 Å². The summed E-state index contributed by atoms with van der Waals surface area (Å²) >= 11 is 0. The molecule has 0 aliphatic carbocycles. The molecule has 0 unspecified atom stereocenters. The Hall–Kier alpha value is -1.78. The van der Waals surface area contributed by atoms with Crippen molar-refractivity contribution in [3.8, 4) is 0 Å². The molecule has 17 heavy (non-hydrogen) atoms. The van der Waals surface area contributed by atoms with E-state index in [1.165, 1.54) is 12.1 Å². The predicted molar refractivity (Wildman–Crippen MR) is 67.1 cm³/mol. The molecule has 1 rings (SSSR count). The topological polar surface area (TPSA) is 61.8 Å². The number of hydrogen-bond acceptors (Lipinski definition) is 3. The quantitative estimate of drug-likeness (QED) is 0.366. The first-order chi connectivity index (χ1) is 8.01. The molecule has 0 saturated heterocycles. The van der Waals surface area contributed by atoms with Crippen LogP contribution in [-0.4, -0.2) is 23.6 Å². The number of nitrogens with zero attached hydrogens (tertiary/aromatic N) is 2. The molecule has 0 spiro atoms. The normalized spacial score (nSPS) is 11.9. The Labute approximate surface area is 101 Å². The van der Waals surface area contributed by atoms with Crippen LogP contribution >= 0.6 is 0 Å². The smallest absolute Gasteiger partial charge is 0.172 e. The monoisotopic (exact) mass is 239 g/mol. The van der Waals surface area contributed by atoms with Crippen molar-refractivity contribution in [2.75, 3.05) is 11.4 Å². The maximum Gasteiger partial charge on any atom is 0.172 e. The molecule has 0 radical (unpaired) electrons. The van der Waals surface area contributed by atoms with Crippen LogP contribution in [0.5, 0.6) is 0 Å². The fraction of sp³-hybridized carbons (Fsp3) is 0.417. The van der Waals surface area contributed by atoms with E-state index in [1.54, 1.807) is 6.07 Å². The average Bonchev–Trinajstić information content (AvgIpc) is 2.30. The molecule has 0 aromatic heterocycles. The third kappa shape index (κ3) is 2.87. The van der Waals surface area contributed by atoms with Crippen molar-refractivity contribution >= 4 is 11.5 Å². The third-order valence-electron chi connectivity index (χ3n) is 2.62. The first-order valence-corrected chi connectivity index (χ1v) is 5.55. The minimum absolute atomic E-state index is 0.0846. The van der Waals surface area contributed by atoms with Gasteiger partial charge in [0.2, 0.25) is 0 Å². The van der Waals surface area contributed by atoms with Crippen LogP contribution in [0.25, 0.3) is 0 Å². The van der Waals surface area contributed by atoms with Crippen molar-refractivity contribution < 1.29 is 9.60 Å². The highest BCUT2D eigenvalue weighted by Crippen LogP contribution is 2.23. The number of amidine groups is 1. The second kappa shape index (κ2) is 5.52. The molecule has 5 heteroatoms. The molecule has 1 aromatic carbocycles. The summed E-state index contributed by atoms with van der Waals surface area (Å²) in [6.07, 6.45) is 0. The van der Waals surface area contributed by atoms with Gasteiger partial charge in [-0.3, -0.25) is 0 Å². The van der Waals surface area contributed by atoms with E-state index in [-0.39, 0.29) is 11.9 Å². The van der Waals surface area contributed by atoms with Crippen molar-refractivity contribution in [1.29, 1.82) is 0 Å². The molecule has 94 valence electrons. The van der Waals surface area contributed by atoms with E-state index >= 15 is 0 Å². The Balaban J connectivity index is 3.31. The van der Waals surface area contributed by atoms with E-state index in [0.717, 1.165) is 12.2 Å². The van der Waals surface area contributed by atoms with E-state index in [2.05, 4.69) is 5.16 Å². The maximum atomic E-state index is 13.2. The largest absolute Gasteiger partial charge is 0.409 e. The molecular formula is C12H18FN3O. The van der Waals surface area contributed by atoms with E-state index in [0.29, 0.717) is 5.56 Å². The van der Waals surface area contributed by atoms with Gasteiger partial charge in [0.25, 0.3) is 0 Å². The molecule has 0 amide bonds. The van der Waals surface area contributed by atoms with Gasteiger partial charge in [-0.05, 0) is 39.0 Å². The van der Waals surface area contributed by atoms with Crippen molar-refractivity contribution in [3.63, 3.8) is 0 Å². The minimum Gasteiger partial charge on any atom is -0.409 e. The van der Waals surface area contributed by atoms with Crippen molar-refractivity contribution in [2.24, 2.45) is 10.9 Å². The summed E-state index contributed by atoms with van der Waals surface area (Å²) in [5.41, 5.74) is 6.73. The first-order valence-electron chi connectivity index (χ1n) is 5.55. The van der Waals surface area contributed by atoms with Gasteiger partial charge in [0.05, 0.1) is 0 Å². The Morgan fingerprint density at radius 3 is 2.65 bits per heavy atom. The molecule has 0 aliphatic rings. The number of anilines is 1. The highest BCUT2D eigenvalue weighted by Gasteiger charge is 2.16. The predicted octanol–water partition coefficient (Wildman–Crippen LogP) is 2.15. The number of benzene rings is 1. The average molecular weight is 239 g/mol. The summed E-state index contributed by atoms with van der Waals surface area (Å²) in [5.74, 6) is -0.492. The Kier molecular flexibility index (Phi) is 4.31. The van der Waals surface area contributed by atoms with Crippen LogP contribution in [0.2, 0.25) is 0 Å². The number of nitrogens with two attached hydrogens (primary N) is 1.